The molecule has 0 aromatic carbocycles. The minimum Gasteiger partial charge on any atom is -0.462 e. The van der Waals surface area contributed by atoms with Crippen molar-refractivity contribution in [1.29, 1.82) is 0 Å². The van der Waals surface area contributed by atoms with E-state index in [9.17, 15) is 14.4 Å². The molecule has 6 heteroatoms. The lowest BCUT2D eigenvalue weighted by Gasteiger charge is -2.18. The first-order valence-electron chi connectivity index (χ1n) is 24.2. The third-order valence-electron chi connectivity index (χ3n) is 10.8. The summed E-state index contributed by atoms with van der Waals surface area (Å²) in [5.74, 6) is -0.868. The fourth-order valence-corrected chi connectivity index (χ4v) is 7.08. The highest BCUT2D eigenvalue weighted by Gasteiger charge is 2.19. The zero-order valence-electron chi connectivity index (χ0n) is 37.0. The minimum absolute atomic E-state index is 0.0686. The Labute approximate surface area is 341 Å². The number of allylic oxidation sites excluding steroid dienone is 2. The molecule has 324 valence electrons. The van der Waals surface area contributed by atoms with Gasteiger partial charge in [0.05, 0.1) is 0 Å². The Balaban J connectivity index is 4.31. The number of carbonyl (C=O) groups is 3. The van der Waals surface area contributed by atoms with Gasteiger partial charge in [-0.1, -0.05) is 213 Å². The van der Waals surface area contributed by atoms with Crippen LogP contribution in [0.25, 0.3) is 0 Å². The molecule has 0 heterocycles. The fraction of sp³-hybridized carbons (Fsp3) is 0.898. The van der Waals surface area contributed by atoms with Gasteiger partial charge in [-0.05, 0) is 44.9 Å². The number of hydrogen-bond acceptors (Lipinski definition) is 6. The van der Waals surface area contributed by atoms with Gasteiger partial charge in [-0.15, -0.1) is 0 Å². The standard InChI is InChI=1S/C49H92O6/c1-4-7-10-13-16-19-22-24-25-26-28-30-33-36-39-42-48(51)54-45-46(44-53-47(50)41-38-35-32-29-21-18-15-12-9-6-3)55-49(52)43-40-37-34-31-27-23-20-17-14-11-8-5-2/h17,20,46H,4-16,18-19,21-45H2,1-3H3/b20-17-. The van der Waals surface area contributed by atoms with Gasteiger partial charge in [-0.25, -0.2) is 0 Å². The van der Waals surface area contributed by atoms with Crippen LogP contribution in [0.2, 0.25) is 0 Å². The van der Waals surface area contributed by atoms with E-state index >= 15 is 0 Å². The highest BCUT2D eigenvalue weighted by atomic mass is 16.6. The van der Waals surface area contributed by atoms with Crippen molar-refractivity contribution in [3.63, 3.8) is 0 Å². The molecule has 6 nitrogen and oxygen atoms in total. The van der Waals surface area contributed by atoms with Crippen molar-refractivity contribution in [1.82, 2.24) is 0 Å². The smallest absolute Gasteiger partial charge is 0.306 e. The van der Waals surface area contributed by atoms with Gasteiger partial charge in [0.1, 0.15) is 13.2 Å². The summed E-state index contributed by atoms with van der Waals surface area (Å²) >= 11 is 0. The molecule has 1 unspecified atom stereocenters. The maximum atomic E-state index is 12.7. The number of ether oxygens (including phenoxy) is 3. The van der Waals surface area contributed by atoms with Crippen LogP contribution in [0.15, 0.2) is 12.2 Å². The van der Waals surface area contributed by atoms with Crippen LogP contribution >= 0.6 is 0 Å². The predicted octanol–water partition coefficient (Wildman–Crippen LogP) is 15.4. The van der Waals surface area contributed by atoms with Crippen molar-refractivity contribution in [2.24, 2.45) is 0 Å². The molecule has 0 saturated heterocycles. The van der Waals surface area contributed by atoms with Crippen molar-refractivity contribution in [3.8, 4) is 0 Å². The van der Waals surface area contributed by atoms with E-state index in [1.165, 1.54) is 161 Å². The summed E-state index contributed by atoms with van der Waals surface area (Å²) in [6, 6.07) is 0. The van der Waals surface area contributed by atoms with E-state index in [1.54, 1.807) is 0 Å². The van der Waals surface area contributed by atoms with Crippen LogP contribution < -0.4 is 0 Å². The van der Waals surface area contributed by atoms with Gasteiger partial charge in [0, 0.05) is 19.3 Å². The van der Waals surface area contributed by atoms with E-state index in [2.05, 4.69) is 32.9 Å². The molecule has 1 atom stereocenters. The topological polar surface area (TPSA) is 78.9 Å². The monoisotopic (exact) mass is 777 g/mol. The van der Waals surface area contributed by atoms with Crippen LogP contribution in [0.3, 0.4) is 0 Å². The Morgan fingerprint density at radius 3 is 0.945 bits per heavy atom. The average Bonchev–Trinajstić information content (AvgIpc) is 3.18. The largest absolute Gasteiger partial charge is 0.462 e. The van der Waals surface area contributed by atoms with E-state index < -0.39 is 6.10 Å². The van der Waals surface area contributed by atoms with Crippen molar-refractivity contribution >= 4 is 17.9 Å². The number of rotatable bonds is 44. The van der Waals surface area contributed by atoms with Crippen LogP contribution in [0, 0.1) is 0 Å². The van der Waals surface area contributed by atoms with Gasteiger partial charge in [0.25, 0.3) is 0 Å². The molecule has 0 amide bonds. The summed E-state index contributed by atoms with van der Waals surface area (Å²) in [6.07, 6.45) is 47.6. The van der Waals surface area contributed by atoms with Crippen molar-refractivity contribution in [2.75, 3.05) is 13.2 Å². The third-order valence-corrected chi connectivity index (χ3v) is 10.8. The molecule has 0 bridgehead atoms. The van der Waals surface area contributed by atoms with Crippen molar-refractivity contribution in [2.45, 2.75) is 271 Å². The molecular weight excluding hydrogens is 685 g/mol. The highest BCUT2D eigenvalue weighted by Crippen LogP contribution is 2.16. The SMILES string of the molecule is CCCCC/C=C\CCCCCCCC(=O)OC(COC(=O)CCCCCCCCCCCC)COC(=O)CCCCCCCCCCCCCCCCC. The van der Waals surface area contributed by atoms with Gasteiger partial charge < -0.3 is 14.2 Å². The normalized spacial score (nSPS) is 12.0. The molecule has 0 aliphatic rings. The Kier molecular flexibility index (Phi) is 43.4. The summed E-state index contributed by atoms with van der Waals surface area (Å²) in [7, 11) is 0. The Morgan fingerprint density at radius 1 is 0.345 bits per heavy atom. The maximum absolute atomic E-state index is 12.7. The zero-order chi connectivity index (χ0) is 40.1. The molecular formula is C49H92O6. The molecule has 0 radical (unpaired) electrons. The Hall–Kier alpha value is -1.85. The van der Waals surface area contributed by atoms with Crippen LogP contribution in [0.4, 0.5) is 0 Å². The van der Waals surface area contributed by atoms with Gasteiger partial charge >= 0.3 is 17.9 Å². The number of esters is 3. The Bertz CT molecular complexity index is 854. The second-order valence-corrected chi connectivity index (χ2v) is 16.4. The summed E-state index contributed by atoms with van der Waals surface area (Å²) in [6.45, 7) is 6.61. The first-order valence-corrected chi connectivity index (χ1v) is 24.2. The first kappa shape index (κ1) is 53.1. The maximum Gasteiger partial charge on any atom is 0.306 e. The molecule has 0 fully saturated rings. The van der Waals surface area contributed by atoms with Crippen LogP contribution in [0.1, 0.15) is 265 Å². The second-order valence-electron chi connectivity index (χ2n) is 16.4. The van der Waals surface area contributed by atoms with E-state index in [0.29, 0.717) is 19.3 Å². The lowest BCUT2D eigenvalue weighted by atomic mass is 10.0. The second kappa shape index (κ2) is 44.9. The zero-order valence-corrected chi connectivity index (χ0v) is 37.0. The lowest BCUT2D eigenvalue weighted by Crippen LogP contribution is -2.30. The van der Waals surface area contributed by atoms with E-state index in [-0.39, 0.29) is 31.1 Å². The summed E-state index contributed by atoms with van der Waals surface area (Å²) in [4.78, 5) is 37.8. The third kappa shape index (κ3) is 43.1. The molecule has 0 aliphatic heterocycles. The fourth-order valence-electron chi connectivity index (χ4n) is 7.08. The van der Waals surface area contributed by atoms with E-state index in [4.69, 9.17) is 14.2 Å². The summed E-state index contributed by atoms with van der Waals surface area (Å²) in [5.41, 5.74) is 0. The number of hydrogen-bond donors (Lipinski definition) is 0. The molecule has 0 rings (SSSR count). The van der Waals surface area contributed by atoms with Gasteiger partial charge in [-0.3, -0.25) is 14.4 Å². The van der Waals surface area contributed by atoms with Crippen LogP contribution in [0.5, 0.6) is 0 Å². The van der Waals surface area contributed by atoms with Crippen molar-refractivity contribution in [3.05, 3.63) is 12.2 Å². The molecule has 0 spiro atoms. The van der Waals surface area contributed by atoms with Gasteiger partial charge in [0.15, 0.2) is 6.10 Å². The molecule has 55 heavy (non-hydrogen) atoms. The molecule has 0 saturated carbocycles. The number of unbranched alkanes of at least 4 members (excludes halogenated alkanes) is 31. The molecule has 0 aromatic heterocycles. The highest BCUT2D eigenvalue weighted by molar-refractivity contribution is 5.71. The minimum atomic E-state index is -0.765. The average molecular weight is 777 g/mol. The van der Waals surface area contributed by atoms with Crippen LogP contribution in [-0.4, -0.2) is 37.2 Å². The Morgan fingerprint density at radius 2 is 0.600 bits per heavy atom. The van der Waals surface area contributed by atoms with E-state index in [0.717, 1.165) is 64.2 Å². The number of carbonyl (C=O) groups excluding carboxylic acids is 3. The van der Waals surface area contributed by atoms with Gasteiger partial charge in [-0.2, -0.15) is 0 Å². The quantitative estimate of drug-likeness (QED) is 0.0265. The molecule has 0 N–H and O–H groups in total. The van der Waals surface area contributed by atoms with Crippen LogP contribution in [-0.2, 0) is 28.6 Å². The summed E-state index contributed by atoms with van der Waals surface area (Å²) in [5, 5.41) is 0. The summed E-state index contributed by atoms with van der Waals surface area (Å²) < 4.78 is 16.7. The van der Waals surface area contributed by atoms with E-state index in [1.807, 2.05) is 0 Å². The molecule has 0 aliphatic carbocycles. The van der Waals surface area contributed by atoms with Gasteiger partial charge in [0.2, 0.25) is 0 Å². The molecule has 0 aromatic rings. The lowest BCUT2D eigenvalue weighted by molar-refractivity contribution is -0.167. The first-order chi connectivity index (χ1) is 27.0. The predicted molar refractivity (Wildman–Crippen MR) is 233 cm³/mol. The van der Waals surface area contributed by atoms with Crippen molar-refractivity contribution < 1.29 is 28.6 Å².